The first-order chi connectivity index (χ1) is 16.3. The van der Waals surface area contributed by atoms with Gasteiger partial charge in [0.15, 0.2) is 0 Å². The van der Waals surface area contributed by atoms with Gasteiger partial charge in [-0.05, 0) is 44.0 Å². The highest BCUT2D eigenvalue weighted by Gasteiger charge is 2.37. The topological polar surface area (TPSA) is 98.8 Å². The molecule has 2 aromatic carbocycles. The Bertz CT molecular complexity index is 1150. The lowest BCUT2D eigenvalue weighted by molar-refractivity contribution is -0.130. The lowest BCUT2D eigenvalue weighted by atomic mass is 10.0. The molecule has 2 heterocycles. The standard InChI is InChI=1S/C25H30N4O4S/c1-19-9-11-22(12-10-19)34(32,33)29-15-13-26-25(31)23(29)16-24(30)27-21-8-5-14-28(18-21)17-20-6-3-2-4-7-20/h2-4,6-7,9-13,15,21,23H,5,8,14,16-18H2,1H3,(H,26,31)(H,27,30)/t21-,23+/m0/s1. The minimum Gasteiger partial charge on any atom is -0.352 e. The molecule has 0 aromatic heterocycles. The number of amides is 2. The molecule has 2 aliphatic heterocycles. The smallest absolute Gasteiger partial charge is 0.264 e. The van der Waals surface area contributed by atoms with Crippen LogP contribution in [-0.4, -0.2) is 54.6 Å². The van der Waals surface area contributed by atoms with Crippen LogP contribution in [0.4, 0.5) is 0 Å². The molecule has 1 saturated heterocycles. The number of likely N-dealkylation sites (tertiary alicyclic amines) is 1. The molecule has 4 rings (SSSR count). The second-order valence-corrected chi connectivity index (χ2v) is 10.7. The summed E-state index contributed by atoms with van der Waals surface area (Å²) < 4.78 is 27.4. The van der Waals surface area contributed by atoms with Gasteiger partial charge in [0, 0.05) is 31.5 Å². The van der Waals surface area contributed by atoms with E-state index < -0.39 is 22.0 Å². The zero-order valence-electron chi connectivity index (χ0n) is 19.2. The van der Waals surface area contributed by atoms with Crippen molar-refractivity contribution in [2.24, 2.45) is 0 Å². The van der Waals surface area contributed by atoms with E-state index in [-0.39, 0.29) is 23.3 Å². The molecule has 0 radical (unpaired) electrons. The van der Waals surface area contributed by atoms with Crippen LogP contribution in [0.1, 0.15) is 30.4 Å². The van der Waals surface area contributed by atoms with Crippen molar-refractivity contribution in [1.29, 1.82) is 0 Å². The first-order valence-electron chi connectivity index (χ1n) is 11.5. The third kappa shape index (κ3) is 5.66. The van der Waals surface area contributed by atoms with Crippen molar-refractivity contribution < 1.29 is 18.0 Å². The highest BCUT2D eigenvalue weighted by molar-refractivity contribution is 7.89. The number of nitrogens with one attached hydrogen (secondary N) is 2. The summed E-state index contributed by atoms with van der Waals surface area (Å²) in [5.41, 5.74) is 2.15. The number of carbonyl (C=O) groups excluding carboxylic acids is 2. The van der Waals surface area contributed by atoms with Gasteiger partial charge in [-0.2, -0.15) is 0 Å². The SMILES string of the molecule is Cc1ccc(S(=O)(=O)N2C=CNC(=O)[C@H]2CC(=O)N[C@H]2CCCN(Cc3ccccc3)C2)cc1. The predicted molar refractivity (Wildman–Crippen MR) is 129 cm³/mol. The van der Waals surface area contributed by atoms with E-state index in [1.807, 2.05) is 25.1 Å². The number of carbonyl (C=O) groups is 2. The third-order valence-corrected chi connectivity index (χ3v) is 7.95. The van der Waals surface area contributed by atoms with Crippen molar-refractivity contribution in [3.8, 4) is 0 Å². The summed E-state index contributed by atoms with van der Waals surface area (Å²) in [4.78, 5) is 27.8. The summed E-state index contributed by atoms with van der Waals surface area (Å²) in [6, 6.07) is 15.4. The number of rotatable bonds is 7. The average Bonchev–Trinajstić information content (AvgIpc) is 2.81. The van der Waals surface area contributed by atoms with Crippen LogP contribution in [0, 0.1) is 6.92 Å². The van der Waals surface area contributed by atoms with Crippen LogP contribution in [0.15, 0.2) is 71.9 Å². The van der Waals surface area contributed by atoms with Gasteiger partial charge < -0.3 is 10.6 Å². The lowest BCUT2D eigenvalue weighted by Crippen LogP contribution is -2.53. The fourth-order valence-corrected chi connectivity index (χ4v) is 5.84. The van der Waals surface area contributed by atoms with Crippen molar-refractivity contribution in [3.05, 3.63) is 78.1 Å². The largest absolute Gasteiger partial charge is 0.352 e. The molecule has 0 spiro atoms. The molecule has 8 nitrogen and oxygen atoms in total. The molecule has 2 aromatic rings. The van der Waals surface area contributed by atoms with Crippen LogP contribution in [0.25, 0.3) is 0 Å². The van der Waals surface area contributed by atoms with E-state index in [1.165, 1.54) is 30.1 Å². The number of hydrogen-bond donors (Lipinski definition) is 2. The minimum atomic E-state index is -3.99. The molecule has 0 unspecified atom stereocenters. The monoisotopic (exact) mass is 482 g/mol. The quantitative estimate of drug-likeness (QED) is 0.630. The van der Waals surface area contributed by atoms with E-state index in [9.17, 15) is 18.0 Å². The molecule has 9 heteroatoms. The summed E-state index contributed by atoms with van der Waals surface area (Å²) in [6.45, 7) is 4.35. The summed E-state index contributed by atoms with van der Waals surface area (Å²) >= 11 is 0. The van der Waals surface area contributed by atoms with Crippen molar-refractivity contribution >= 4 is 21.8 Å². The Kier molecular flexibility index (Phi) is 7.33. The Morgan fingerprint density at radius 1 is 1.12 bits per heavy atom. The number of benzene rings is 2. The highest BCUT2D eigenvalue weighted by atomic mass is 32.2. The van der Waals surface area contributed by atoms with Gasteiger partial charge in [0.05, 0.1) is 11.3 Å². The Morgan fingerprint density at radius 3 is 2.59 bits per heavy atom. The first-order valence-corrected chi connectivity index (χ1v) is 12.9. The van der Waals surface area contributed by atoms with Gasteiger partial charge in [0.25, 0.3) is 10.0 Å². The maximum atomic E-state index is 13.2. The first kappa shape index (κ1) is 24.0. The molecule has 2 atom stereocenters. The van der Waals surface area contributed by atoms with E-state index in [2.05, 4.69) is 27.7 Å². The Balaban J connectivity index is 1.41. The van der Waals surface area contributed by atoms with Crippen LogP contribution in [0.5, 0.6) is 0 Å². The summed E-state index contributed by atoms with van der Waals surface area (Å²) in [5, 5.41) is 5.54. The third-order valence-electron chi connectivity index (χ3n) is 6.15. The fourth-order valence-electron chi connectivity index (χ4n) is 4.39. The van der Waals surface area contributed by atoms with E-state index >= 15 is 0 Å². The summed E-state index contributed by atoms with van der Waals surface area (Å²) in [6.07, 6.45) is 4.13. The zero-order valence-corrected chi connectivity index (χ0v) is 20.0. The fraction of sp³-hybridized carbons (Fsp3) is 0.360. The van der Waals surface area contributed by atoms with Crippen molar-refractivity contribution in [2.45, 2.75) is 49.7 Å². The number of hydrogen-bond acceptors (Lipinski definition) is 5. The van der Waals surface area contributed by atoms with Gasteiger partial charge >= 0.3 is 0 Å². The molecule has 180 valence electrons. The number of sulfonamides is 1. The van der Waals surface area contributed by atoms with Gasteiger partial charge in [-0.1, -0.05) is 48.0 Å². The van der Waals surface area contributed by atoms with E-state index in [4.69, 9.17) is 0 Å². The van der Waals surface area contributed by atoms with Crippen LogP contribution in [0.3, 0.4) is 0 Å². The van der Waals surface area contributed by atoms with Crippen LogP contribution >= 0.6 is 0 Å². The molecule has 2 aliphatic rings. The van der Waals surface area contributed by atoms with Gasteiger partial charge in [-0.3, -0.25) is 18.8 Å². The number of piperidine rings is 1. The van der Waals surface area contributed by atoms with Gasteiger partial charge in [0.1, 0.15) is 6.04 Å². The Hall–Kier alpha value is -3.17. The predicted octanol–water partition coefficient (Wildman–Crippen LogP) is 2.13. The van der Waals surface area contributed by atoms with Gasteiger partial charge in [0.2, 0.25) is 11.8 Å². The molecule has 2 N–H and O–H groups in total. The Morgan fingerprint density at radius 2 is 1.85 bits per heavy atom. The minimum absolute atomic E-state index is 0.0469. The summed E-state index contributed by atoms with van der Waals surface area (Å²) in [5.74, 6) is -0.867. The molecule has 0 saturated carbocycles. The van der Waals surface area contributed by atoms with E-state index in [0.29, 0.717) is 6.54 Å². The number of nitrogens with zero attached hydrogens (tertiary/aromatic N) is 2. The molecular formula is C25H30N4O4S. The van der Waals surface area contributed by atoms with E-state index in [0.717, 1.165) is 35.8 Å². The molecule has 0 bridgehead atoms. The molecule has 0 aliphatic carbocycles. The molecule has 2 amide bonds. The van der Waals surface area contributed by atoms with Crippen molar-refractivity contribution in [2.75, 3.05) is 13.1 Å². The van der Waals surface area contributed by atoms with Gasteiger partial charge in [-0.25, -0.2) is 8.42 Å². The normalized spacial score (nSPS) is 21.2. The lowest BCUT2D eigenvalue weighted by Gasteiger charge is -2.34. The second-order valence-electron chi connectivity index (χ2n) is 8.82. The average molecular weight is 483 g/mol. The molecule has 34 heavy (non-hydrogen) atoms. The maximum Gasteiger partial charge on any atom is 0.264 e. The van der Waals surface area contributed by atoms with Gasteiger partial charge in [-0.15, -0.1) is 0 Å². The zero-order chi connectivity index (χ0) is 24.1. The maximum absolute atomic E-state index is 13.2. The molecular weight excluding hydrogens is 452 g/mol. The van der Waals surface area contributed by atoms with Crippen molar-refractivity contribution in [1.82, 2.24) is 19.8 Å². The van der Waals surface area contributed by atoms with Crippen molar-refractivity contribution in [3.63, 3.8) is 0 Å². The molecule has 1 fully saturated rings. The van der Waals surface area contributed by atoms with Crippen LogP contribution in [0.2, 0.25) is 0 Å². The van der Waals surface area contributed by atoms with E-state index in [1.54, 1.807) is 12.1 Å². The highest BCUT2D eigenvalue weighted by Crippen LogP contribution is 2.23. The summed E-state index contributed by atoms with van der Waals surface area (Å²) in [7, 11) is -3.99. The second kappa shape index (κ2) is 10.4. The van der Waals surface area contributed by atoms with Crippen LogP contribution < -0.4 is 10.6 Å². The Labute approximate surface area is 200 Å². The van der Waals surface area contributed by atoms with Crippen LogP contribution in [-0.2, 0) is 26.2 Å². The number of aryl methyl sites for hydroxylation is 1.